The van der Waals surface area contributed by atoms with Crippen molar-refractivity contribution in [3.8, 4) is 11.5 Å². The Labute approximate surface area is 156 Å². The lowest BCUT2D eigenvalue weighted by atomic mass is 10.2. The number of amides is 2. The summed E-state index contributed by atoms with van der Waals surface area (Å²) in [5, 5.41) is 5.43. The van der Waals surface area contributed by atoms with Gasteiger partial charge >= 0.3 is 0 Å². The maximum atomic E-state index is 13.1. The van der Waals surface area contributed by atoms with E-state index in [-0.39, 0.29) is 31.7 Å². The van der Waals surface area contributed by atoms with E-state index in [4.69, 9.17) is 9.47 Å². The summed E-state index contributed by atoms with van der Waals surface area (Å²) in [7, 11) is 1.74. The van der Waals surface area contributed by atoms with Crippen LogP contribution in [0, 0.1) is 5.82 Å². The molecule has 0 saturated heterocycles. The standard InChI is InChI=1S/C19H20FN3O4/c1-23(11-19(25)22-15-4-2-3-14(20)8-15)10-18(24)21-9-13-5-6-16-17(7-13)27-12-26-16/h2-8H,9-12H2,1H3,(H,21,24)(H,22,25)/p+1. The van der Waals surface area contributed by atoms with Crippen LogP contribution in [0.2, 0.25) is 0 Å². The summed E-state index contributed by atoms with van der Waals surface area (Å²) in [5.41, 5.74) is 1.29. The number of ether oxygens (including phenoxy) is 2. The van der Waals surface area contributed by atoms with Crippen LogP contribution in [0.15, 0.2) is 42.5 Å². The molecule has 3 rings (SSSR count). The van der Waals surface area contributed by atoms with Crippen LogP contribution in [0.3, 0.4) is 0 Å². The normalized spacial score (nSPS) is 13.1. The van der Waals surface area contributed by atoms with Crippen LogP contribution in [-0.4, -0.2) is 38.7 Å². The van der Waals surface area contributed by atoms with Crippen LogP contribution in [-0.2, 0) is 16.1 Å². The molecule has 7 nitrogen and oxygen atoms in total. The second-order valence-corrected chi connectivity index (χ2v) is 6.33. The minimum atomic E-state index is -0.420. The summed E-state index contributed by atoms with van der Waals surface area (Å²) < 4.78 is 23.7. The average Bonchev–Trinajstić information content (AvgIpc) is 3.07. The van der Waals surface area contributed by atoms with Gasteiger partial charge in [-0.1, -0.05) is 12.1 Å². The number of carbonyl (C=O) groups excluding carboxylic acids is 2. The molecule has 0 radical (unpaired) electrons. The molecule has 0 bridgehead atoms. The molecule has 1 heterocycles. The minimum Gasteiger partial charge on any atom is -0.454 e. The predicted octanol–water partition coefficient (Wildman–Crippen LogP) is 0.324. The van der Waals surface area contributed by atoms with Crippen molar-refractivity contribution in [1.82, 2.24) is 5.32 Å². The van der Waals surface area contributed by atoms with Crippen molar-refractivity contribution in [1.29, 1.82) is 0 Å². The molecular formula is C19H21FN3O4+. The van der Waals surface area contributed by atoms with E-state index in [2.05, 4.69) is 10.6 Å². The molecule has 27 heavy (non-hydrogen) atoms. The van der Waals surface area contributed by atoms with Gasteiger partial charge in [0.1, 0.15) is 5.82 Å². The van der Waals surface area contributed by atoms with E-state index in [1.165, 1.54) is 18.2 Å². The quantitative estimate of drug-likeness (QED) is 0.652. The molecule has 0 fully saturated rings. The first-order valence-corrected chi connectivity index (χ1v) is 8.51. The van der Waals surface area contributed by atoms with Gasteiger partial charge in [-0.2, -0.15) is 0 Å². The highest BCUT2D eigenvalue weighted by atomic mass is 19.1. The Balaban J connectivity index is 1.41. The monoisotopic (exact) mass is 374 g/mol. The number of anilines is 1. The third-order valence-electron chi connectivity index (χ3n) is 3.96. The lowest BCUT2D eigenvalue weighted by molar-refractivity contribution is -0.862. The van der Waals surface area contributed by atoms with Gasteiger partial charge in [-0.15, -0.1) is 0 Å². The molecule has 2 aromatic rings. The van der Waals surface area contributed by atoms with Gasteiger partial charge in [-0.3, -0.25) is 9.59 Å². The van der Waals surface area contributed by atoms with Gasteiger partial charge in [0, 0.05) is 12.2 Å². The number of benzene rings is 2. The first-order valence-electron chi connectivity index (χ1n) is 8.51. The zero-order chi connectivity index (χ0) is 19.2. The molecule has 1 aliphatic rings. The summed E-state index contributed by atoms with van der Waals surface area (Å²) in [6.45, 7) is 0.796. The molecule has 0 spiro atoms. The maximum Gasteiger partial charge on any atom is 0.279 e. The van der Waals surface area contributed by atoms with Crippen molar-refractivity contribution < 1.29 is 28.4 Å². The van der Waals surface area contributed by atoms with Crippen molar-refractivity contribution in [2.75, 3.05) is 32.2 Å². The third-order valence-corrected chi connectivity index (χ3v) is 3.96. The summed E-state index contributed by atoms with van der Waals surface area (Å²) in [5.74, 6) is 0.471. The molecule has 8 heteroatoms. The SMILES string of the molecule is C[NH+](CC(=O)NCc1ccc2c(c1)OCO2)CC(=O)Nc1cccc(F)c1. The molecule has 1 atom stereocenters. The number of fused-ring (bicyclic) bond motifs is 1. The van der Waals surface area contributed by atoms with E-state index in [0.717, 1.165) is 5.56 Å². The van der Waals surface area contributed by atoms with Gasteiger partial charge in [0.2, 0.25) is 6.79 Å². The fourth-order valence-corrected chi connectivity index (χ4v) is 2.70. The average molecular weight is 374 g/mol. The van der Waals surface area contributed by atoms with Gasteiger partial charge in [-0.25, -0.2) is 4.39 Å². The number of quaternary nitrogens is 1. The molecule has 0 aliphatic carbocycles. The van der Waals surface area contributed by atoms with Crippen molar-refractivity contribution >= 4 is 17.5 Å². The molecular weight excluding hydrogens is 353 g/mol. The van der Waals surface area contributed by atoms with Crippen LogP contribution in [0.5, 0.6) is 11.5 Å². The molecule has 0 aromatic heterocycles. The zero-order valence-corrected chi connectivity index (χ0v) is 14.9. The van der Waals surface area contributed by atoms with Gasteiger partial charge in [-0.05, 0) is 35.9 Å². The number of halogens is 1. The van der Waals surface area contributed by atoms with Crippen molar-refractivity contribution in [2.24, 2.45) is 0 Å². The van der Waals surface area contributed by atoms with Gasteiger partial charge in [0.05, 0.1) is 7.05 Å². The van der Waals surface area contributed by atoms with Crippen LogP contribution >= 0.6 is 0 Å². The topological polar surface area (TPSA) is 81.1 Å². The van der Waals surface area contributed by atoms with Crippen LogP contribution < -0.4 is 25.0 Å². The predicted molar refractivity (Wildman–Crippen MR) is 96.1 cm³/mol. The Kier molecular flexibility index (Phi) is 5.87. The third kappa shape index (κ3) is 5.42. The number of hydrogen-bond donors (Lipinski definition) is 3. The molecule has 3 N–H and O–H groups in total. The van der Waals surface area contributed by atoms with Gasteiger partial charge < -0.3 is 25.0 Å². The Morgan fingerprint density at radius 3 is 2.67 bits per heavy atom. The smallest absolute Gasteiger partial charge is 0.279 e. The maximum absolute atomic E-state index is 13.1. The highest BCUT2D eigenvalue weighted by Gasteiger charge is 2.16. The summed E-state index contributed by atoms with van der Waals surface area (Å²) >= 11 is 0. The lowest BCUT2D eigenvalue weighted by Crippen LogP contribution is -3.11. The van der Waals surface area contributed by atoms with Gasteiger partial charge in [0.15, 0.2) is 24.6 Å². The van der Waals surface area contributed by atoms with E-state index in [1.54, 1.807) is 19.2 Å². The minimum absolute atomic E-state index is 0.0912. The van der Waals surface area contributed by atoms with Crippen molar-refractivity contribution in [3.05, 3.63) is 53.8 Å². The molecule has 2 aromatic carbocycles. The van der Waals surface area contributed by atoms with E-state index in [0.29, 0.717) is 28.6 Å². The summed E-state index contributed by atoms with van der Waals surface area (Å²) in [4.78, 5) is 24.8. The highest BCUT2D eigenvalue weighted by Crippen LogP contribution is 2.32. The van der Waals surface area contributed by atoms with Crippen LogP contribution in [0.1, 0.15) is 5.56 Å². The number of carbonyl (C=O) groups is 2. The number of likely N-dealkylation sites (N-methyl/N-ethyl adjacent to an activating group) is 1. The van der Waals surface area contributed by atoms with Crippen LogP contribution in [0.25, 0.3) is 0 Å². The first kappa shape index (κ1) is 18.7. The zero-order valence-electron chi connectivity index (χ0n) is 14.9. The second kappa shape index (κ2) is 8.50. The summed E-state index contributed by atoms with van der Waals surface area (Å²) in [6.07, 6.45) is 0. The van der Waals surface area contributed by atoms with E-state index >= 15 is 0 Å². The van der Waals surface area contributed by atoms with Crippen molar-refractivity contribution in [3.63, 3.8) is 0 Å². The Morgan fingerprint density at radius 2 is 1.85 bits per heavy atom. The number of nitrogens with one attached hydrogen (secondary N) is 3. The van der Waals surface area contributed by atoms with E-state index in [9.17, 15) is 14.0 Å². The molecule has 0 saturated carbocycles. The van der Waals surface area contributed by atoms with Gasteiger partial charge in [0.25, 0.3) is 11.8 Å². The largest absolute Gasteiger partial charge is 0.454 e. The fourth-order valence-electron chi connectivity index (χ4n) is 2.70. The molecule has 1 aliphatic heterocycles. The lowest BCUT2D eigenvalue weighted by Gasteiger charge is -2.14. The highest BCUT2D eigenvalue weighted by molar-refractivity contribution is 5.91. The van der Waals surface area contributed by atoms with E-state index < -0.39 is 5.82 Å². The Hall–Kier alpha value is -3.13. The Bertz CT molecular complexity index is 843. The van der Waals surface area contributed by atoms with Crippen molar-refractivity contribution in [2.45, 2.75) is 6.54 Å². The number of rotatable bonds is 7. The van der Waals surface area contributed by atoms with E-state index in [1.807, 2.05) is 12.1 Å². The first-order chi connectivity index (χ1) is 13.0. The van der Waals surface area contributed by atoms with Crippen LogP contribution in [0.4, 0.5) is 10.1 Å². The summed E-state index contributed by atoms with van der Waals surface area (Å²) in [6, 6.07) is 11.2. The Morgan fingerprint density at radius 1 is 1.07 bits per heavy atom. The number of hydrogen-bond acceptors (Lipinski definition) is 4. The second-order valence-electron chi connectivity index (χ2n) is 6.33. The fraction of sp³-hybridized carbons (Fsp3) is 0.263. The molecule has 142 valence electrons. The molecule has 1 unspecified atom stereocenters. The molecule has 2 amide bonds.